The fraction of sp³-hybridized carbons (Fsp3) is 0.462. The first-order chi connectivity index (χ1) is 8.71. The van der Waals surface area contributed by atoms with Gasteiger partial charge < -0.3 is 19.5 Å². The Morgan fingerprint density at radius 1 is 1.17 bits per heavy atom. The summed E-state index contributed by atoms with van der Waals surface area (Å²) in [5.74, 6) is 1.72. The molecule has 0 radical (unpaired) electrons. The number of nitrogens with one attached hydrogen (secondary N) is 1. The molecule has 1 aliphatic rings. The Hall–Kier alpha value is -1.91. The largest absolute Gasteiger partial charge is 0.496 e. The molecule has 0 spiro atoms. The molecule has 1 saturated carbocycles. The Morgan fingerprint density at radius 3 is 2.22 bits per heavy atom. The second kappa shape index (κ2) is 5.62. The number of benzene rings is 1. The lowest BCUT2D eigenvalue weighted by atomic mass is 10.3. The van der Waals surface area contributed by atoms with Crippen LogP contribution in [0.3, 0.4) is 0 Å². The van der Waals surface area contributed by atoms with Crippen LogP contribution in [0, 0.1) is 0 Å². The van der Waals surface area contributed by atoms with E-state index in [0.717, 1.165) is 12.8 Å². The van der Waals surface area contributed by atoms with Crippen molar-refractivity contribution in [2.45, 2.75) is 18.9 Å². The highest BCUT2D eigenvalue weighted by Gasteiger charge is 2.23. The van der Waals surface area contributed by atoms with Crippen LogP contribution < -0.4 is 19.5 Å². The third kappa shape index (κ3) is 3.55. The van der Waals surface area contributed by atoms with Gasteiger partial charge in [-0.3, -0.25) is 4.79 Å². The number of carbonyl (C=O) groups is 1. The van der Waals surface area contributed by atoms with Crippen molar-refractivity contribution in [1.82, 2.24) is 5.32 Å². The van der Waals surface area contributed by atoms with Crippen molar-refractivity contribution in [2.75, 3.05) is 20.8 Å². The molecular formula is C13H17NO4. The van der Waals surface area contributed by atoms with E-state index in [4.69, 9.17) is 14.2 Å². The third-order valence-corrected chi connectivity index (χ3v) is 2.64. The maximum atomic E-state index is 11.5. The lowest BCUT2D eigenvalue weighted by molar-refractivity contribution is -0.123. The molecule has 2 rings (SSSR count). The molecule has 98 valence electrons. The number of hydrogen-bond acceptors (Lipinski definition) is 4. The van der Waals surface area contributed by atoms with Crippen LogP contribution in [0.4, 0.5) is 0 Å². The molecule has 0 aliphatic heterocycles. The molecule has 1 N–H and O–H groups in total. The van der Waals surface area contributed by atoms with Gasteiger partial charge in [0.25, 0.3) is 5.91 Å². The number of amides is 1. The SMILES string of the molecule is COc1cc(OC)cc(OCC(=O)NC2CC2)c1. The Balaban J connectivity index is 1.92. The average Bonchev–Trinajstić information content (AvgIpc) is 3.19. The monoisotopic (exact) mass is 251 g/mol. The van der Waals surface area contributed by atoms with Crippen molar-refractivity contribution in [3.8, 4) is 17.2 Å². The van der Waals surface area contributed by atoms with E-state index >= 15 is 0 Å². The van der Waals surface area contributed by atoms with Gasteiger partial charge in [-0.15, -0.1) is 0 Å². The first-order valence-corrected chi connectivity index (χ1v) is 5.86. The third-order valence-electron chi connectivity index (χ3n) is 2.64. The molecule has 0 heterocycles. The molecule has 5 heteroatoms. The second-order valence-electron chi connectivity index (χ2n) is 4.18. The fourth-order valence-corrected chi connectivity index (χ4v) is 1.51. The van der Waals surface area contributed by atoms with Crippen LogP contribution in [0.5, 0.6) is 17.2 Å². The van der Waals surface area contributed by atoms with Crippen LogP contribution in [-0.2, 0) is 4.79 Å². The molecule has 5 nitrogen and oxygen atoms in total. The van der Waals surface area contributed by atoms with Gasteiger partial charge in [0.15, 0.2) is 6.61 Å². The van der Waals surface area contributed by atoms with Gasteiger partial charge in [-0.1, -0.05) is 0 Å². The smallest absolute Gasteiger partial charge is 0.258 e. The molecule has 18 heavy (non-hydrogen) atoms. The summed E-state index contributed by atoms with van der Waals surface area (Å²) < 4.78 is 15.6. The minimum absolute atomic E-state index is 0.00677. The first kappa shape index (κ1) is 12.5. The van der Waals surface area contributed by atoms with Crippen LogP contribution in [0.2, 0.25) is 0 Å². The maximum absolute atomic E-state index is 11.5. The molecule has 0 saturated heterocycles. The van der Waals surface area contributed by atoms with E-state index in [0.29, 0.717) is 23.3 Å². The van der Waals surface area contributed by atoms with Crippen molar-refractivity contribution >= 4 is 5.91 Å². The zero-order chi connectivity index (χ0) is 13.0. The van der Waals surface area contributed by atoms with E-state index in [1.54, 1.807) is 32.4 Å². The first-order valence-electron chi connectivity index (χ1n) is 5.86. The molecular weight excluding hydrogens is 234 g/mol. The van der Waals surface area contributed by atoms with Gasteiger partial charge in [-0.25, -0.2) is 0 Å². The summed E-state index contributed by atoms with van der Waals surface area (Å²) in [7, 11) is 3.14. The Bertz CT molecular complexity index is 407. The minimum atomic E-state index is -0.0979. The van der Waals surface area contributed by atoms with E-state index < -0.39 is 0 Å². The standard InChI is InChI=1S/C13H17NO4/c1-16-10-5-11(17-2)7-12(6-10)18-8-13(15)14-9-3-4-9/h5-7,9H,3-4,8H2,1-2H3,(H,14,15). The van der Waals surface area contributed by atoms with Gasteiger partial charge in [0, 0.05) is 24.2 Å². The number of methoxy groups -OCH3 is 2. The number of carbonyl (C=O) groups excluding carboxylic acids is 1. The highest BCUT2D eigenvalue weighted by molar-refractivity contribution is 5.78. The predicted octanol–water partition coefficient (Wildman–Crippen LogP) is 1.36. The quantitative estimate of drug-likeness (QED) is 0.829. The summed E-state index contributed by atoms with van der Waals surface area (Å²) in [6.45, 7) is 0.00677. The van der Waals surface area contributed by atoms with Crippen LogP contribution in [0.15, 0.2) is 18.2 Å². The fourth-order valence-electron chi connectivity index (χ4n) is 1.51. The minimum Gasteiger partial charge on any atom is -0.496 e. The van der Waals surface area contributed by atoms with Crippen molar-refractivity contribution in [3.63, 3.8) is 0 Å². The lowest BCUT2D eigenvalue weighted by Gasteiger charge is -2.10. The van der Waals surface area contributed by atoms with Gasteiger partial charge in [0.05, 0.1) is 14.2 Å². The van der Waals surface area contributed by atoms with Gasteiger partial charge in [-0.2, -0.15) is 0 Å². The maximum Gasteiger partial charge on any atom is 0.258 e. The van der Waals surface area contributed by atoms with Crippen LogP contribution in [-0.4, -0.2) is 32.8 Å². The predicted molar refractivity (Wildman–Crippen MR) is 66.2 cm³/mol. The lowest BCUT2D eigenvalue weighted by Crippen LogP contribution is -2.30. The van der Waals surface area contributed by atoms with Crippen molar-refractivity contribution in [3.05, 3.63) is 18.2 Å². The zero-order valence-electron chi connectivity index (χ0n) is 10.6. The summed E-state index contributed by atoms with van der Waals surface area (Å²) >= 11 is 0. The topological polar surface area (TPSA) is 56.8 Å². The van der Waals surface area contributed by atoms with Crippen molar-refractivity contribution in [2.24, 2.45) is 0 Å². The normalized spacial score (nSPS) is 13.9. The van der Waals surface area contributed by atoms with Gasteiger partial charge in [-0.05, 0) is 12.8 Å². The highest BCUT2D eigenvalue weighted by atomic mass is 16.5. The summed E-state index contributed by atoms with van der Waals surface area (Å²) in [5.41, 5.74) is 0. The number of hydrogen-bond donors (Lipinski definition) is 1. The molecule has 0 aromatic heterocycles. The van der Waals surface area contributed by atoms with Gasteiger partial charge in [0.1, 0.15) is 17.2 Å². The van der Waals surface area contributed by atoms with Crippen LogP contribution in [0.1, 0.15) is 12.8 Å². The van der Waals surface area contributed by atoms with Crippen LogP contribution in [0.25, 0.3) is 0 Å². The van der Waals surface area contributed by atoms with Gasteiger partial charge >= 0.3 is 0 Å². The molecule has 1 aromatic rings. The molecule has 0 atom stereocenters. The molecule has 1 aliphatic carbocycles. The van der Waals surface area contributed by atoms with Gasteiger partial charge in [0.2, 0.25) is 0 Å². The Labute approximate surface area is 106 Å². The van der Waals surface area contributed by atoms with E-state index in [2.05, 4.69) is 5.32 Å². The summed E-state index contributed by atoms with van der Waals surface area (Å²) in [6.07, 6.45) is 2.14. The van der Waals surface area contributed by atoms with E-state index in [1.165, 1.54) is 0 Å². The second-order valence-corrected chi connectivity index (χ2v) is 4.18. The summed E-state index contributed by atoms with van der Waals surface area (Å²) in [6, 6.07) is 5.53. The molecule has 1 aromatic carbocycles. The van der Waals surface area contributed by atoms with E-state index in [9.17, 15) is 4.79 Å². The Kier molecular flexibility index (Phi) is 3.92. The average molecular weight is 251 g/mol. The van der Waals surface area contributed by atoms with Crippen LogP contribution >= 0.6 is 0 Å². The summed E-state index contributed by atoms with van der Waals surface area (Å²) in [5, 5.41) is 2.85. The molecule has 0 bridgehead atoms. The molecule has 0 unspecified atom stereocenters. The Morgan fingerprint density at radius 2 is 1.72 bits per heavy atom. The zero-order valence-corrected chi connectivity index (χ0v) is 10.6. The van der Waals surface area contributed by atoms with E-state index in [1.807, 2.05) is 0 Å². The molecule has 1 fully saturated rings. The van der Waals surface area contributed by atoms with Crippen molar-refractivity contribution in [1.29, 1.82) is 0 Å². The summed E-state index contributed by atoms with van der Waals surface area (Å²) in [4.78, 5) is 11.5. The van der Waals surface area contributed by atoms with E-state index in [-0.39, 0.29) is 12.5 Å². The number of ether oxygens (including phenoxy) is 3. The van der Waals surface area contributed by atoms with Crippen molar-refractivity contribution < 1.29 is 19.0 Å². The molecule has 1 amide bonds. The number of rotatable bonds is 6. The highest BCUT2D eigenvalue weighted by Crippen LogP contribution is 2.27.